The largest absolute Gasteiger partial charge is 0.336 e. The molecule has 0 spiro atoms. The molecule has 2 aromatic carbocycles. The van der Waals surface area contributed by atoms with Crippen molar-refractivity contribution in [2.24, 2.45) is 0 Å². The normalized spacial score (nSPS) is 14.6. The van der Waals surface area contributed by atoms with Crippen LogP contribution in [0.15, 0.2) is 48.5 Å². The zero-order chi connectivity index (χ0) is 21.5. The van der Waals surface area contributed by atoms with E-state index in [2.05, 4.69) is 16.7 Å². The lowest BCUT2D eigenvalue weighted by atomic mass is 10.1. The van der Waals surface area contributed by atoms with E-state index in [0.29, 0.717) is 12.1 Å². The Bertz CT molecular complexity index is 862. The zero-order valence-electron chi connectivity index (χ0n) is 17.6. The van der Waals surface area contributed by atoms with Crippen LogP contribution in [0.3, 0.4) is 0 Å². The topological polar surface area (TPSA) is 65.9 Å². The second-order valence-electron chi connectivity index (χ2n) is 8.03. The first-order valence-corrected chi connectivity index (χ1v) is 10.8. The first-order chi connectivity index (χ1) is 14.4. The molecular formula is C23H30ClN4O2+. The number of urea groups is 1. The SMILES string of the molecule is CC(C)NC(=O)NCc1ccc(C(=O)N2CC[NH+](Cc3cccc(Cl)c3)CC2)cc1. The Morgan fingerprint density at radius 3 is 2.40 bits per heavy atom. The van der Waals surface area contributed by atoms with Gasteiger partial charge in [0.1, 0.15) is 6.54 Å². The first-order valence-electron chi connectivity index (χ1n) is 10.4. The smallest absolute Gasteiger partial charge is 0.315 e. The van der Waals surface area contributed by atoms with Gasteiger partial charge in [-0.3, -0.25) is 4.79 Å². The van der Waals surface area contributed by atoms with Gasteiger partial charge in [0.15, 0.2) is 0 Å². The fraction of sp³-hybridized carbons (Fsp3) is 0.391. The number of carbonyl (C=O) groups is 2. The highest BCUT2D eigenvalue weighted by molar-refractivity contribution is 6.30. The lowest BCUT2D eigenvalue weighted by Crippen LogP contribution is -3.13. The van der Waals surface area contributed by atoms with Crippen LogP contribution in [0.5, 0.6) is 0 Å². The highest BCUT2D eigenvalue weighted by Crippen LogP contribution is 2.11. The van der Waals surface area contributed by atoms with Crippen LogP contribution in [0.2, 0.25) is 5.02 Å². The van der Waals surface area contributed by atoms with Gasteiger partial charge in [0.2, 0.25) is 0 Å². The fourth-order valence-corrected chi connectivity index (χ4v) is 3.79. The Balaban J connectivity index is 1.47. The van der Waals surface area contributed by atoms with Gasteiger partial charge in [-0.2, -0.15) is 0 Å². The number of piperazine rings is 1. The summed E-state index contributed by atoms with van der Waals surface area (Å²) in [5.74, 6) is 0.0638. The molecule has 3 amide bonds. The van der Waals surface area contributed by atoms with E-state index in [1.165, 1.54) is 10.5 Å². The van der Waals surface area contributed by atoms with Crippen LogP contribution in [-0.2, 0) is 13.1 Å². The Labute approximate surface area is 183 Å². The van der Waals surface area contributed by atoms with E-state index in [4.69, 9.17) is 11.6 Å². The van der Waals surface area contributed by atoms with Crippen LogP contribution in [-0.4, -0.2) is 49.1 Å². The standard InChI is InChI=1S/C23H29ClN4O2/c1-17(2)26-23(30)25-15-18-6-8-20(9-7-18)22(29)28-12-10-27(11-13-28)16-19-4-3-5-21(24)14-19/h3-9,14,17H,10-13,15-16H2,1-2H3,(H2,25,26,30)/p+1. The van der Waals surface area contributed by atoms with Gasteiger partial charge in [-0.25, -0.2) is 4.79 Å². The molecule has 0 unspecified atom stereocenters. The maximum absolute atomic E-state index is 12.8. The molecule has 0 saturated carbocycles. The molecule has 1 fully saturated rings. The Morgan fingerprint density at radius 2 is 1.77 bits per heavy atom. The average Bonchev–Trinajstić information content (AvgIpc) is 2.72. The highest BCUT2D eigenvalue weighted by atomic mass is 35.5. The van der Waals surface area contributed by atoms with Crippen molar-refractivity contribution in [3.63, 3.8) is 0 Å². The number of hydrogen-bond acceptors (Lipinski definition) is 2. The number of nitrogens with zero attached hydrogens (tertiary/aromatic N) is 1. The number of benzene rings is 2. The van der Waals surface area contributed by atoms with Crippen molar-refractivity contribution < 1.29 is 14.5 Å². The molecule has 0 radical (unpaired) electrons. The van der Waals surface area contributed by atoms with Gasteiger partial charge in [0.05, 0.1) is 26.2 Å². The van der Waals surface area contributed by atoms with E-state index >= 15 is 0 Å². The van der Waals surface area contributed by atoms with Gasteiger partial charge in [-0.1, -0.05) is 35.9 Å². The molecule has 1 heterocycles. The number of halogens is 1. The average molecular weight is 430 g/mol. The minimum atomic E-state index is -0.191. The quantitative estimate of drug-likeness (QED) is 0.658. The van der Waals surface area contributed by atoms with Crippen LogP contribution >= 0.6 is 11.6 Å². The molecule has 0 bridgehead atoms. The first kappa shape index (κ1) is 22.1. The maximum Gasteiger partial charge on any atom is 0.315 e. The van der Waals surface area contributed by atoms with Crippen molar-refractivity contribution in [1.82, 2.24) is 15.5 Å². The minimum Gasteiger partial charge on any atom is -0.336 e. The summed E-state index contributed by atoms with van der Waals surface area (Å²) in [5.41, 5.74) is 2.87. The number of nitrogens with one attached hydrogen (secondary N) is 3. The van der Waals surface area contributed by atoms with Crippen LogP contribution in [0.25, 0.3) is 0 Å². The number of carbonyl (C=O) groups excluding carboxylic acids is 2. The maximum atomic E-state index is 12.8. The molecule has 1 saturated heterocycles. The molecule has 2 aromatic rings. The molecule has 160 valence electrons. The van der Waals surface area contributed by atoms with Gasteiger partial charge < -0.3 is 20.4 Å². The Morgan fingerprint density at radius 1 is 1.07 bits per heavy atom. The van der Waals surface area contributed by atoms with E-state index in [0.717, 1.165) is 43.3 Å². The van der Waals surface area contributed by atoms with Crippen molar-refractivity contribution in [3.05, 3.63) is 70.2 Å². The molecule has 3 rings (SSSR count). The summed E-state index contributed by atoms with van der Waals surface area (Å²) in [7, 11) is 0. The van der Waals surface area contributed by atoms with Gasteiger partial charge >= 0.3 is 6.03 Å². The van der Waals surface area contributed by atoms with Crippen molar-refractivity contribution >= 4 is 23.5 Å². The molecule has 0 atom stereocenters. The molecule has 0 aliphatic carbocycles. The summed E-state index contributed by atoms with van der Waals surface area (Å²) in [4.78, 5) is 27.9. The van der Waals surface area contributed by atoms with Gasteiger partial charge in [-0.05, 0) is 43.7 Å². The third-order valence-corrected chi connectivity index (χ3v) is 5.41. The van der Waals surface area contributed by atoms with Crippen molar-refractivity contribution in [3.8, 4) is 0 Å². The number of quaternary nitrogens is 1. The summed E-state index contributed by atoms with van der Waals surface area (Å²) < 4.78 is 0. The lowest BCUT2D eigenvalue weighted by Gasteiger charge is -2.32. The van der Waals surface area contributed by atoms with Gasteiger partial charge in [-0.15, -0.1) is 0 Å². The molecule has 7 heteroatoms. The summed E-state index contributed by atoms with van der Waals surface area (Å²) in [6.45, 7) is 8.52. The summed E-state index contributed by atoms with van der Waals surface area (Å²) >= 11 is 6.08. The van der Waals surface area contributed by atoms with Gasteiger partial charge in [0, 0.05) is 28.7 Å². The highest BCUT2D eigenvalue weighted by Gasteiger charge is 2.24. The Kier molecular flexibility index (Phi) is 7.71. The third kappa shape index (κ3) is 6.47. The van der Waals surface area contributed by atoms with E-state index in [1.54, 1.807) is 0 Å². The van der Waals surface area contributed by atoms with Gasteiger partial charge in [0.25, 0.3) is 5.91 Å². The number of rotatable bonds is 6. The zero-order valence-corrected chi connectivity index (χ0v) is 18.3. The molecule has 0 aromatic heterocycles. The van der Waals surface area contributed by atoms with Crippen molar-refractivity contribution in [2.75, 3.05) is 26.2 Å². The molecular weight excluding hydrogens is 400 g/mol. The van der Waals surface area contributed by atoms with Crippen LogP contribution in [0.1, 0.15) is 35.3 Å². The predicted molar refractivity (Wildman–Crippen MR) is 119 cm³/mol. The number of amides is 3. The van der Waals surface area contributed by atoms with Crippen molar-refractivity contribution in [1.29, 1.82) is 0 Å². The number of hydrogen-bond donors (Lipinski definition) is 3. The van der Waals surface area contributed by atoms with E-state index < -0.39 is 0 Å². The summed E-state index contributed by atoms with van der Waals surface area (Å²) in [5, 5.41) is 6.37. The van der Waals surface area contributed by atoms with E-state index in [-0.39, 0.29) is 18.0 Å². The second-order valence-corrected chi connectivity index (χ2v) is 8.46. The van der Waals surface area contributed by atoms with Crippen LogP contribution in [0.4, 0.5) is 4.79 Å². The van der Waals surface area contributed by atoms with E-state index in [9.17, 15) is 9.59 Å². The summed E-state index contributed by atoms with van der Waals surface area (Å²) in [6, 6.07) is 15.3. The third-order valence-electron chi connectivity index (χ3n) is 5.17. The molecule has 1 aliphatic heterocycles. The van der Waals surface area contributed by atoms with Crippen molar-refractivity contribution in [2.45, 2.75) is 33.0 Å². The Hall–Kier alpha value is -2.57. The van der Waals surface area contributed by atoms with E-state index in [1.807, 2.05) is 61.2 Å². The molecule has 1 aliphatic rings. The fourth-order valence-electron chi connectivity index (χ4n) is 3.58. The lowest BCUT2D eigenvalue weighted by molar-refractivity contribution is -0.917. The summed E-state index contributed by atoms with van der Waals surface area (Å²) in [6.07, 6.45) is 0. The monoisotopic (exact) mass is 429 g/mol. The predicted octanol–water partition coefficient (Wildman–Crippen LogP) is 2.09. The second kappa shape index (κ2) is 10.5. The minimum absolute atomic E-state index is 0.0638. The van der Waals surface area contributed by atoms with Crippen LogP contribution < -0.4 is 15.5 Å². The molecule has 30 heavy (non-hydrogen) atoms. The molecule has 6 nitrogen and oxygen atoms in total. The van der Waals surface area contributed by atoms with Crippen LogP contribution in [0, 0.1) is 0 Å². The molecule has 3 N–H and O–H groups in total.